The first-order valence-electron chi connectivity index (χ1n) is 8.95. The van der Waals surface area contributed by atoms with Crippen molar-refractivity contribution in [3.63, 3.8) is 0 Å². The molecule has 0 fully saturated rings. The first-order chi connectivity index (χ1) is 14.2. The molecule has 4 nitrogen and oxygen atoms in total. The van der Waals surface area contributed by atoms with Crippen molar-refractivity contribution in [3.05, 3.63) is 60.0 Å². The van der Waals surface area contributed by atoms with Gasteiger partial charge in [0.1, 0.15) is 10.8 Å². The van der Waals surface area contributed by atoms with Crippen LogP contribution in [-0.2, 0) is 10.8 Å². The Bertz CT molecular complexity index is 1250. The highest BCUT2D eigenvalue weighted by molar-refractivity contribution is 7.85. The number of fused-ring (bicyclic) bond motifs is 1. The number of hydrogen-bond donors (Lipinski definition) is 0. The van der Waals surface area contributed by atoms with Crippen LogP contribution in [0.3, 0.4) is 0 Å². The van der Waals surface area contributed by atoms with Crippen LogP contribution in [0.5, 0.6) is 0 Å². The van der Waals surface area contributed by atoms with Crippen molar-refractivity contribution in [1.29, 1.82) is 0 Å². The number of halogens is 3. The monoisotopic (exact) mass is 447 g/mol. The van der Waals surface area contributed by atoms with E-state index in [1.165, 1.54) is 11.3 Å². The van der Waals surface area contributed by atoms with Gasteiger partial charge in [0, 0.05) is 34.6 Å². The van der Waals surface area contributed by atoms with Gasteiger partial charge < -0.3 is 0 Å². The van der Waals surface area contributed by atoms with Gasteiger partial charge in [-0.2, -0.15) is 13.2 Å². The summed E-state index contributed by atoms with van der Waals surface area (Å²) in [6, 6.07) is 9.00. The minimum Gasteiger partial charge on any atom is -0.264 e. The zero-order chi connectivity index (χ0) is 21.5. The average molecular weight is 448 g/mol. The number of hydrogen-bond acceptors (Lipinski definition) is 5. The number of rotatable bonds is 4. The lowest BCUT2D eigenvalue weighted by Crippen LogP contribution is -2.19. The van der Waals surface area contributed by atoms with Crippen LogP contribution < -0.4 is 0 Å². The van der Waals surface area contributed by atoms with Crippen molar-refractivity contribution in [2.24, 2.45) is 0 Å². The van der Waals surface area contributed by atoms with Gasteiger partial charge in [-0.15, -0.1) is 11.3 Å². The first kappa shape index (κ1) is 20.6. The number of aromatic nitrogens is 3. The SMILES string of the molecule is Cc1cc(C)c(S(=O)CC(F)(F)F)cc1-c1cnc2nc(-c3cccnc3)sc2c1. The highest BCUT2D eigenvalue weighted by Crippen LogP contribution is 2.34. The van der Waals surface area contributed by atoms with Crippen LogP contribution in [0.25, 0.3) is 32.0 Å². The van der Waals surface area contributed by atoms with E-state index in [0.717, 1.165) is 26.4 Å². The number of pyridine rings is 2. The summed E-state index contributed by atoms with van der Waals surface area (Å²) >= 11 is 1.46. The predicted molar refractivity (Wildman–Crippen MR) is 113 cm³/mol. The molecule has 9 heteroatoms. The molecule has 0 aliphatic rings. The van der Waals surface area contributed by atoms with E-state index in [9.17, 15) is 17.4 Å². The zero-order valence-electron chi connectivity index (χ0n) is 16.0. The first-order valence-corrected chi connectivity index (χ1v) is 11.1. The molecule has 1 aromatic carbocycles. The Morgan fingerprint density at radius 1 is 1.07 bits per heavy atom. The number of alkyl halides is 3. The summed E-state index contributed by atoms with van der Waals surface area (Å²) in [6.07, 6.45) is 0.565. The molecule has 4 rings (SSSR count). The average Bonchev–Trinajstić information content (AvgIpc) is 3.10. The molecular formula is C21H16F3N3OS2. The summed E-state index contributed by atoms with van der Waals surface area (Å²) < 4.78 is 51.4. The fourth-order valence-electron chi connectivity index (χ4n) is 3.19. The Hall–Kier alpha value is -2.65. The van der Waals surface area contributed by atoms with Crippen LogP contribution >= 0.6 is 11.3 Å². The lowest BCUT2D eigenvalue weighted by Gasteiger charge is -2.13. The normalized spacial score (nSPS) is 13.0. The molecule has 0 aliphatic heterocycles. The molecule has 0 spiro atoms. The second-order valence-corrected chi connectivity index (χ2v) is 9.29. The second kappa shape index (κ2) is 7.88. The second-order valence-electron chi connectivity index (χ2n) is 6.84. The van der Waals surface area contributed by atoms with E-state index in [4.69, 9.17) is 0 Å². The fraction of sp³-hybridized carbons (Fsp3) is 0.190. The van der Waals surface area contributed by atoms with Crippen molar-refractivity contribution in [2.45, 2.75) is 24.9 Å². The Balaban J connectivity index is 1.76. The topological polar surface area (TPSA) is 55.7 Å². The summed E-state index contributed by atoms with van der Waals surface area (Å²) in [5.41, 5.74) is 4.37. The lowest BCUT2D eigenvalue weighted by molar-refractivity contribution is -0.105. The maximum absolute atomic E-state index is 12.7. The summed E-state index contributed by atoms with van der Waals surface area (Å²) in [5, 5.41) is 0.787. The summed E-state index contributed by atoms with van der Waals surface area (Å²) in [4.78, 5) is 13.3. The van der Waals surface area contributed by atoms with Crippen LogP contribution in [0, 0.1) is 13.8 Å². The van der Waals surface area contributed by atoms with Crippen molar-refractivity contribution in [2.75, 3.05) is 5.75 Å². The predicted octanol–water partition coefficient (Wildman–Crippen LogP) is 5.71. The van der Waals surface area contributed by atoms with Gasteiger partial charge in [0.25, 0.3) is 0 Å². The van der Waals surface area contributed by atoms with Gasteiger partial charge in [0.15, 0.2) is 5.65 Å². The fourth-order valence-corrected chi connectivity index (χ4v) is 5.27. The van der Waals surface area contributed by atoms with Gasteiger partial charge in [0.2, 0.25) is 0 Å². The van der Waals surface area contributed by atoms with Gasteiger partial charge >= 0.3 is 6.18 Å². The van der Waals surface area contributed by atoms with Crippen LogP contribution in [0.15, 0.2) is 53.8 Å². The Kier molecular flexibility index (Phi) is 5.42. The molecule has 1 atom stereocenters. The highest BCUT2D eigenvalue weighted by Gasteiger charge is 2.31. The van der Waals surface area contributed by atoms with E-state index in [1.54, 1.807) is 37.6 Å². The van der Waals surface area contributed by atoms with E-state index in [0.29, 0.717) is 16.8 Å². The standard InChI is InChI=1S/C21H16F3N3OS2/c1-12-6-13(2)18(30(28)11-21(22,23)24)8-16(12)15-7-17-19(26-10-15)27-20(29-17)14-4-3-5-25-9-14/h3-10H,11H2,1-2H3. The third-order valence-electron chi connectivity index (χ3n) is 4.53. The number of nitrogens with zero attached hydrogens (tertiary/aromatic N) is 3. The molecular weight excluding hydrogens is 431 g/mol. The molecule has 0 radical (unpaired) electrons. The maximum atomic E-state index is 12.7. The van der Waals surface area contributed by atoms with E-state index in [1.807, 2.05) is 25.1 Å². The van der Waals surface area contributed by atoms with Gasteiger partial charge in [0.05, 0.1) is 15.5 Å². The number of thiazole rings is 1. The van der Waals surface area contributed by atoms with Gasteiger partial charge in [-0.05, 0) is 54.8 Å². The molecule has 3 aromatic heterocycles. The number of benzene rings is 1. The molecule has 0 bridgehead atoms. The molecule has 1 unspecified atom stereocenters. The van der Waals surface area contributed by atoms with Crippen LogP contribution in [-0.4, -0.2) is 31.1 Å². The maximum Gasteiger partial charge on any atom is 0.400 e. The van der Waals surface area contributed by atoms with Crippen LogP contribution in [0.2, 0.25) is 0 Å². The molecule has 0 aliphatic carbocycles. The quantitative estimate of drug-likeness (QED) is 0.402. The molecule has 0 amide bonds. The highest BCUT2D eigenvalue weighted by atomic mass is 32.2. The van der Waals surface area contributed by atoms with Crippen molar-refractivity contribution < 1.29 is 17.4 Å². The molecule has 0 saturated heterocycles. The molecule has 0 saturated carbocycles. The van der Waals surface area contributed by atoms with E-state index < -0.39 is 22.7 Å². The molecule has 154 valence electrons. The van der Waals surface area contributed by atoms with Crippen molar-refractivity contribution >= 4 is 32.5 Å². The van der Waals surface area contributed by atoms with Crippen LogP contribution in [0.4, 0.5) is 13.2 Å². The minimum absolute atomic E-state index is 0.188. The lowest BCUT2D eigenvalue weighted by atomic mass is 10.00. The van der Waals surface area contributed by atoms with Crippen LogP contribution in [0.1, 0.15) is 11.1 Å². The Labute approximate surface area is 177 Å². The van der Waals surface area contributed by atoms with Gasteiger partial charge in [-0.1, -0.05) is 6.07 Å². The van der Waals surface area contributed by atoms with Gasteiger partial charge in [-0.3, -0.25) is 9.19 Å². The van der Waals surface area contributed by atoms with E-state index >= 15 is 0 Å². The molecule has 0 N–H and O–H groups in total. The largest absolute Gasteiger partial charge is 0.400 e. The Morgan fingerprint density at radius 3 is 2.57 bits per heavy atom. The summed E-state index contributed by atoms with van der Waals surface area (Å²) in [6.45, 7) is 3.54. The van der Waals surface area contributed by atoms with Crippen molar-refractivity contribution in [3.8, 4) is 21.7 Å². The molecule has 4 aromatic rings. The minimum atomic E-state index is -4.49. The van der Waals surface area contributed by atoms with E-state index in [-0.39, 0.29) is 4.90 Å². The van der Waals surface area contributed by atoms with Gasteiger partial charge in [-0.25, -0.2) is 9.97 Å². The molecule has 3 heterocycles. The zero-order valence-corrected chi connectivity index (χ0v) is 17.7. The third kappa shape index (κ3) is 4.27. The van der Waals surface area contributed by atoms with Crippen molar-refractivity contribution in [1.82, 2.24) is 15.0 Å². The smallest absolute Gasteiger partial charge is 0.264 e. The number of aryl methyl sites for hydroxylation is 2. The van der Waals surface area contributed by atoms with E-state index in [2.05, 4.69) is 15.0 Å². The molecule has 30 heavy (non-hydrogen) atoms. The summed E-state index contributed by atoms with van der Waals surface area (Å²) in [5.74, 6) is -1.36. The third-order valence-corrected chi connectivity index (χ3v) is 7.09. The summed E-state index contributed by atoms with van der Waals surface area (Å²) in [7, 11) is -2.17. The Morgan fingerprint density at radius 2 is 1.87 bits per heavy atom.